The molecule has 0 aliphatic carbocycles. The van der Waals surface area contributed by atoms with Gasteiger partial charge in [-0.15, -0.1) is 0 Å². The molecule has 1 aromatic heterocycles. The molecule has 0 radical (unpaired) electrons. The smallest absolute Gasteiger partial charge is 0.316 e. The summed E-state index contributed by atoms with van der Waals surface area (Å²) in [6.07, 6.45) is 0. The Morgan fingerprint density at radius 1 is 1.57 bits per heavy atom. The van der Waals surface area contributed by atoms with Gasteiger partial charge >= 0.3 is 5.97 Å². The first kappa shape index (κ1) is 15.3. The first-order valence-corrected chi connectivity index (χ1v) is 7.00. The SMILES string of the molecule is COC(=O)CSc1nc2cc([N+](=O)[O-])ccc2n1CCO. The number of thioether (sulfide) groups is 1. The number of carbonyl (C=O) groups excluding carboxylic acids is 1. The third kappa shape index (κ3) is 3.31. The lowest BCUT2D eigenvalue weighted by molar-refractivity contribution is -0.384. The molecule has 1 N–H and O–H groups in total. The summed E-state index contributed by atoms with van der Waals surface area (Å²) in [5.41, 5.74) is 1.06. The van der Waals surface area contributed by atoms with E-state index >= 15 is 0 Å². The quantitative estimate of drug-likeness (QED) is 0.369. The van der Waals surface area contributed by atoms with E-state index < -0.39 is 10.9 Å². The maximum atomic E-state index is 11.2. The minimum atomic E-state index is -0.494. The lowest BCUT2D eigenvalue weighted by Crippen LogP contribution is -2.07. The molecule has 2 rings (SSSR count). The Labute approximate surface area is 123 Å². The average Bonchev–Trinajstić information content (AvgIpc) is 2.82. The highest BCUT2D eigenvalue weighted by Crippen LogP contribution is 2.26. The van der Waals surface area contributed by atoms with E-state index in [1.165, 1.54) is 19.2 Å². The Morgan fingerprint density at radius 3 is 2.95 bits per heavy atom. The summed E-state index contributed by atoms with van der Waals surface area (Å²) in [4.78, 5) is 25.8. The Morgan fingerprint density at radius 2 is 2.33 bits per heavy atom. The number of rotatable bonds is 6. The minimum absolute atomic E-state index is 0.0549. The van der Waals surface area contributed by atoms with Gasteiger partial charge in [-0.1, -0.05) is 11.8 Å². The fraction of sp³-hybridized carbons (Fsp3) is 0.333. The molecule has 21 heavy (non-hydrogen) atoms. The number of aliphatic hydroxyl groups excluding tert-OH is 1. The number of non-ortho nitro benzene ring substituents is 1. The molecule has 0 saturated carbocycles. The standard InChI is InChI=1S/C12H13N3O5S/c1-20-11(17)7-21-12-13-9-6-8(15(18)19)2-3-10(9)14(12)4-5-16/h2-3,6,16H,4-5,7H2,1H3. The monoisotopic (exact) mass is 311 g/mol. The van der Waals surface area contributed by atoms with Crippen LogP contribution in [0.15, 0.2) is 23.4 Å². The summed E-state index contributed by atoms with van der Waals surface area (Å²) in [5.74, 6) is -0.318. The van der Waals surface area contributed by atoms with Crippen LogP contribution in [0.3, 0.4) is 0 Å². The van der Waals surface area contributed by atoms with E-state index in [1.807, 2.05) is 0 Å². The topological polar surface area (TPSA) is 107 Å². The van der Waals surface area contributed by atoms with Crippen LogP contribution in [0.4, 0.5) is 5.69 Å². The van der Waals surface area contributed by atoms with Gasteiger partial charge in [-0.3, -0.25) is 14.9 Å². The number of carbonyl (C=O) groups is 1. The molecule has 0 aliphatic heterocycles. The van der Waals surface area contributed by atoms with Gasteiger partial charge in [0.2, 0.25) is 0 Å². The lowest BCUT2D eigenvalue weighted by atomic mass is 10.3. The van der Waals surface area contributed by atoms with E-state index in [0.29, 0.717) is 16.2 Å². The number of benzene rings is 1. The first-order chi connectivity index (χ1) is 10.1. The Hall–Kier alpha value is -2.13. The van der Waals surface area contributed by atoms with E-state index in [1.54, 1.807) is 10.6 Å². The maximum absolute atomic E-state index is 11.2. The molecule has 0 spiro atoms. The van der Waals surface area contributed by atoms with Crippen LogP contribution in [0.5, 0.6) is 0 Å². The predicted molar refractivity (Wildman–Crippen MR) is 76.2 cm³/mol. The number of hydrogen-bond donors (Lipinski definition) is 1. The van der Waals surface area contributed by atoms with Crippen molar-refractivity contribution >= 4 is 34.5 Å². The van der Waals surface area contributed by atoms with Crippen molar-refractivity contribution in [3.8, 4) is 0 Å². The van der Waals surface area contributed by atoms with Crippen molar-refractivity contribution in [2.75, 3.05) is 19.5 Å². The summed E-state index contributed by atoms with van der Waals surface area (Å²) in [7, 11) is 1.29. The molecule has 0 atom stereocenters. The van der Waals surface area contributed by atoms with Gasteiger partial charge in [0.25, 0.3) is 5.69 Å². The van der Waals surface area contributed by atoms with E-state index in [2.05, 4.69) is 9.72 Å². The zero-order chi connectivity index (χ0) is 15.4. The second-order valence-corrected chi connectivity index (χ2v) is 5.01. The van der Waals surface area contributed by atoms with Gasteiger partial charge in [-0.05, 0) is 6.07 Å². The van der Waals surface area contributed by atoms with Gasteiger partial charge in [0.15, 0.2) is 5.16 Å². The largest absolute Gasteiger partial charge is 0.468 e. The number of esters is 1. The first-order valence-electron chi connectivity index (χ1n) is 6.02. The summed E-state index contributed by atoms with van der Waals surface area (Å²) in [6, 6.07) is 4.33. The van der Waals surface area contributed by atoms with E-state index in [0.717, 1.165) is 11.8 Å². The van der Waals surface area contributed by atoms with Crippen LogP contribution in [-0.2, 0) is 16.1 Å². The third-order valence-electron chi connectivity index (χ3n) is 2.78. The van der Waals surface area contributed by atoms with Crippen LogP contribution in [0.1, 0.15) is 0 Å². The van der Waals surface area contributed by atoms with Crippen molar-refractivity contribution in [2.45, 2.75) is 11.7 Å². The Kier molecular flexibility index (Phi) is 4.76. The third-order valence-corrected chi connectivity index (χ3v) is 3.73. The van der Waals surface area contributed by atoms with Crippen LogP contribution in [0.2, 0.25) is 0 Å². The van der Waals surface area contributed by atoms with Crippen molar-refractivity contribution in [3.63, 3.8) is 0 Å². The molecule has 112 valence electrons. The Bertz CT molecular complexity index is 685. The minimum Gasteiger partial charge on any atom is -0.468 e. The number of nitrogens with zero attached hydrogens (tertiary/aromatic N) is 3. The number of aromatic nitrogens is 2. The number of hydrogen-bond acceptors (Lipinski definition) is 7. The molecule has 0 unspecified atom stereocenters. The normalized spacial score (nSPS) is 10.8. The van der Waals surface area contributed by atoms with Crippen molar-refractivity contribution < 1.29 is 19.6 Å². The molecule has 9 heteroatoms. The van der Waals surface area contributed by atoms with Crippen molar-refractivity contribution in [3.05, 3.63) is 28.3 Å². The van der Waals surface area contributed by atoms with Gasteiger partial charge < -0.3 is 14.4 Å². The second-order valence-electron chi connectivity index (χ2n) is 4.06. The number of nitro groups is 1. The Balaban J connectivity index is 2.40. The molecule has 8 nitrogen and oxygen atoms in total. The van der Waals surface area contributed by atoms with Crippen LogP contribution in [0, 0.1) is 10.1 Å². The summed E-state index contributed by atoms with van der Waals surface area (Å²) >= 11 is 1.16. The van der Waals surface area contributed by atoms with E-state index in [4.69, 9.17) is 5.11 Å². The van der Waals surface area contributed by atoms with Gasteiger partial charge in [-0.25, -0.2) is 4.98 Å². The van der Waals surface area contributed by atoms with E-state index in [-0.39, 0.29) is 24.6 Å². The maximum Gasteiger partial charge on any atom is 0.316 e. The second kappa shape index (κ2) is 6.55. The molecule has 1 aromatic carbocycles. The highest BCUT2D eigenvalue weighted by Gasteiger charge is 2.15. The number of nitro benzene ring substituents is 1. The zero-order valence-corrected chi connectivity index (χ0v) is 12.0. The zero-order valence-electron chi connectivity index (χ0n) is 11.2. The molecule has 0 saturated heterocycles. The number of methoxy groups -OCH3 is 1. The van der Waals surface area contributed by atoms with Gasteiger partial charge in [0.05, 0.1) is 35.4 Å². The number of imidazole rings is 1. The highest BCUT2D eigenvalue weighted by atomic mass is 32.2. The van der Waals surface area contributed by atoms with Crippen molar-refractivity contribution in [2.24, 2.45) is 0 Å². The summed E-state index contributed by atoms with van der Waals surface area (Å²) < 4.78 is 6.28. The van der Waals surface area contributed by atoms with Gasteiger partial charge in [0.1, 0.15) is 0 Å². The average molecular weight is 311 g/mol. The number of fused-ring (bicyclic) bond motifs is 1. The fourth-order valence-electron chi connectivity index (χ4n) is 1.82. The molecule has 0 fully saturated rings. The summed E-state index contributed by atoms with van der Waals surface area (Å²) in [5, 5.41) is 20.4. The van der Waals surface area contributed by atoms with Gasteiger partial charge in [0, 0.05) is 18.7 Å². The molecule has 2 aromatic rings. The van der Waals surface area contributed by atoms with Crippen LogP contribution in [0.25, 0.3) is 11.0 Å². The molecule has 1 heterocycles. The molecular formula is C12H13N3O5S. The number of aliphatic hydroxyl groups is 1. The lowest BCUT2D eigenvalue weighted by Gasteiger charge is -2.06. The molecule has 0 bridgehead atoms. The highest BCUT2D eigenvalue weighted by molar-refractivity contribution is 7.99. The van der Waals surface area contributed by atoms with Crippen LogP contribution < -0.4 is 0 Å². The predicted octanol–water partition coefficient (Wildman–Crippen LogP) is 1.20. The molecule has 0 amide bonds. The van der Waals surface area contributed by atoms with Crippen molar-refractivity contribution in [1.82, 2.24) is 9.55 Å². The molecular weight excluding hydrogens is 298 g/mol. The molecule has 0 aliphatic rings. The van der Waals surface area contributed by atoms with Gasteiger partial charge in [-0.2, -0.15) is 0 Å². The summed E-state index contributed by atoms with van der Waals surface area (Å²) in [6.45, 7) is 0.187. The number of ether oxygens (including phenoxy) is 1. The van der Waals surface area contributed by atoms with Crippen LogP contribution >= 0.6 is 11.8 Å². The van der Waals surface area contributed by atoms with E-state index in [9.17, 15) is 14.9 Å². The fourth-order valence-corrected chi connectivity index (χ4v) is 2.69. The van der Waals surface area contributed by atoms with Crippen molar-refractivity contribution in [1.29, 1.82) is 0 Å². The van der Waals surface area contributed by atoms with Crippen LogP contribution in [-0.4, -0.2) is 45.0 Å².